The van der Waals surface area contributed by atoms with Gasteiger partial charge in [-0.1, -0.05) is 13.3 Å². The molecule has 0 atom stereocenters. The number of rotatable bonds is 5. The van der Waals surface area contributed by atoms with Gasteiger partial charge in [-0.2, -0.15) is 4.98 Å². The molecule has 0 spiro atoms. The summed E-state index contributed by atoms with van der Waals surface area (Å²) in [5, 5.41) is 1.53. The van der Waals surface area contributed by atoms with Crippen molar-refractivity contribution in [1.29, 1.82) is 0 Å². The van der Waals surface area contributed by atoms with Crippen molar-refractivity contribution in [2.75, 3.05) is 18.0 Å². The van der Waals surface area contributed by atoms with Crippen molar-refractivity contribution in [2.45, 2.75) is 39.5 Å². The zero-order chi connectivity index (χ0) is 14.1. The first-order valence-corrected chi connectivity index (χ1v) is 8.61. The van der Waals surface area contributed by atoms with Gasteiger partial charge < -0.3 is 4.90 Å². The van der Waals surface area contributed by atoms with Crippen molar-refractivity contribution in [3.63, 3.8) is 0 Å². The summed E-state index contributed by atoms with van der Waals surface area (Å²) in [4.78, 5) is 13.6. The van der Waals surface area contributed by atoms with E-state index in [1.165, 1.54) is 24.1 Å². The molecule has 0 amide bonds. The van der Waals surface area contributed by atoms with Crippen LogP contribution in [0.25, 0.3) is 10.2 Å². The summed E-state index contributed by atoms with van der Waals surface area (Å²) < 4.78 is 0. The third kappa shape index (κ3) is 2.63. The van der Waals surface area contributed by atoms with Crippen molar-refractivity contribution in [2.24, 2.45) is 5.92 Å². The summed E-state index contributed by atoms with van der Waals surface area (Å²) in [7, 11) is 0. The average molecular weight is 310 g/mol. The molecule has 1 saturated carbocycles. The Bertz CT molecular complexity index is 606. The Balaban J connectivity index is 2.00. The van der Waals surface area contributed by atoms with Gasteiger partial charge in [0.05, 0.1) is 5.39 Å². The second-order valence-electron chi connectivity index (χ2n) is 5.44. The molecule has 0 N–H and O–H groups in total. The van der Waals surface area contributed by atoms with E-state index in [-0.39, 0.29) is 0 Å². The Hall–Kier alpha value is -0.870. The monoisotopic (exact) mass is 309 g/mol. The van der Waals surface area contributed by atoms with Crippen molar-refractivity contribution in [1.82, 2.24) is 9.97 Å². The lowest BCUT2D eigenvalue weighted by molar-refractivity contribution is 0.318. The zero-order valence-electron chi connectivity index (χ0n) is 12.0. The Morgan fingerprint density at radius 2 is 2.15 bits per heavy atom. The summed E-state index contributed by atoms with van der Waals surface area (Å²) in [5.41, 5.74) is 0. The minimum atomic E-state index is 0.365. The van der Waals surface area contributed by atoms with Crippen molar-refractivity contribution in [3.05, 3.63) is 16.2 Å². The van der Waals surface area contributed by atoms with Gasteiger partial charge in [0.25, 0.3) is 0 Å². The van der Waals surface area contributed by atoms with Gasteiger partial charge in [-0.05, 0) is 49.8 Å². The van der Waals surface area contributed by atoms with Gasteiger partial charge in [-0.25, -0.2) is 4.98 Å². The second-order valence-corrected chi connectivity index (χ2v) is 6.89. The molecule has 1 aliphatic carbocycles. The third-order valence-electron chi connectivity index (χ3n) is 4.13. The predicted octanol–water partition coefficient (Wildman–Crippen LogP) is 4.53. The maximum Gasteiger partial charge on any atom is 0.225 e. The van der Waals surface area contributed by atoms with Crippen molar-refractivity contribution < 1.29 is 0 Å². The van der Waals surface area contributed by atoms with E-state index < -0.39 is 0 Å². The first kappa shape index (κ1) is 14.1. The highest BCUT2D eigenvalue weighted by Gasteiger charge is 2.23. The lowest BCUT2D eigenvalue weighted by atomic mass is 9.85. The van der Waals surface area contributed by atoms with Gasteiger partial charge in [-0.3, -0.25) is 0 Å². The second kappa shape index (κ2) is 5.86. The van der Waals surface area contributed by atoms with Gasteiger partial charge in [0, 0.05) is 18.0 Å². The third-order valence-corrected chi connectivity index (χ3v) is 5.47. The summed E-state index contributed by atoms with van der Waals surface area (Å²) in [6, 6.07) is 2.23. The summed E-state index contributed by atoms with van der Waals surface area (Å²) in [5.74, 6) is 1.84. The highest BCUT2D eigenvalue weighted by atomic mass is 35.5. The van der Waals surface area contributed by atoms with E-state index in [4.69, 9.17) is 11.6 Å². The normalized spacial score (nSPS) is 15.6. The highest BCUT2D eigenvalue weighted by molar-refractivity contribution is 7.18. The zero-order valence-corrected chi connectivity index (χ0v) is 13.6. The molecule has 2 aromatic heterocycles. The number of aromatic nitrogens is 2. The van der Waals surface area contributed by atoms with Crippen LogP contribution in [0.15, 0.2) is 6.07 Å². The van der Waals surface area contributed by atoms with Gasteiger partial charge in [0.1, 0.15) is 10.6 Å². The Kier molecular flexibility index (Phi) is 4.13. The molecular formula is C15H20ClN3S. The van der Waals surface area contributed by atoms with E-state index in [9.17, 15) is 0 Å². The molecule has 1 fully saturated rings. The van der Waals surface area contributed by atoms with Crippen LogP contribution in [0.3, 0.4) is 0 Å². The number of thiophene rings is 1. The minimum absolute atomic E-state index is 0.365. The van der Waals surface area contributed by atoms with Crippen LogP contribution in [0.5, 0.6) is 0 Å². The van der Waals surface area contributed by atoms with Crippen LogP contribution < -0.4 is 4.90 Å². The number of halogens is 1. The molecule has 0 aliphatic heterocycles. The number of nitrogens with zero attached hydrogens (tertiary/aromatic N) is 3. The van der Waals surface area contributed by atoms with E-state index in [0.29, 0.717) is 5.28 Å². The fraction of sp³-hybridized carbons (Fsp3) is 0.600. The number of hydrogen-bond donors (Lipinski definition) is 0. The van der Waals surface area contributed by atoms with E-state index in [1.54, 1.807) is 11.3 Å². The maximum absolute atomic E-state index is 6.12. The van der Waals surface area contributed by atoms with Gasteiger partial charge in [0.15, 0.2) is 0 Å². The number of aryl methyl sites for hydroxylation is 1. The Morgan fingerprint density at radius 3 is 2.75 bits per heavy atom. The molecule has 0 unspecified atom stereocenters. The fourth-order valence-electron chi connectivity index (χ4n) is 2.70. The average Bonchev–Trinajstić information content (AvgIpc) is 2.80. The molecule has 3 nitrogen and oxygen atoms in total. The quantitative estimate of drug-likeness (QED) is 0.760. The largest absolute Gasteiger partial charge is 0.356 e. The number of hydrogen-bond acceptors (Lipinski definition) is 4. The molecule has 20 heavy (non-hydrogen) atoms. The standard InChI is InChI=1S/C15H20ClN3S/c1-3-11-8-12-13(17-15(16)18-14(12)20-11)19(4-2)9-10-6-5-7-10/h8,10H,3-7,9H2,1-2H3. The summed E-state index contributed by atoms with van der Waals surface area (Å²) in [6.45, 7) is 6.42. The molecule has 2 aromatic rings. The SMILES string of the molecule is CCc1cc2c(N(CC)CC3CCC3)nc(Cl)nc2s1. The van der Waals surface area contributed by atoms with E-state index in [1.807, 2.05) is 0 Å². The van der Waals surface area contributed by atoms with Gasteiger partial charge in [-0.15, -0.1) is 11.3 Å². The predicted molar refractivity (Wildman–Crippen MR) is 87.0 cm³/mol. The van der Waals surface area contributed by atoms with Crippen LogP contribution in [0.2, 0.25) is 5.28 Å². The topological polar surface area (TPSA) is 29.0 Å². The first-order valence-electron chi connectivity index (χ1n) is 7.42. The molecule has 5 heteroatoms. The summed E-state index contributed by atoms with van der Waals surface area (Å²) in [6.07, 6.45) is 5.11. The molecular weight excluding hydrogens is 290 g/mol. The molecule has 108 valence electrons. The van der Waals surface area contributed by atoms with Crippen LogP contribution in [-0.2, 0) is 6.42 Å². The first-order chi connectivity index (χ1) is 9.71. The molecule has 1 aliphatic rings. The highest BCUT2D eigenvalue weighted by Crippen LogP contribution is 2.34. The van der Waals surface area contributed by atoms with Crippen LogP contribution in [0.1, 0.15) is 38.0 Å². The van der Waals surface area contributed by atoms with Crippen LogP contribution >= 0.6 is 22.9 Å². The molecule has 2 heterocycles. The number of fused-ring (bicyclic) bond motifs is 1. The lowest BCUT2D eigenvalue weighted by Crippen LogP contribution is -2.33. The molecule has 0 aromatic carbocycles. The molecule has 0 bridgehead atoms. The lowest BCUT2D eigenvalue weighted by Gasteiger charge is -2.32. The minimum Gasteiger partial charge on any atom is -0.356 e. The van der Waals surface area contributed by atoms with Crippen LogP contribution in [0, 0.1) is 5.92 Å². The molecule has 0 radical (unpaired) electrons. The van der Waals surface area contributed by atoms with Gasteiger partial charge >= 0.3 is 0 Å². The van der Waals surface area contributed by atoms with Crippen LogP contribution in [-0.4, -0.2) is 23.1 Å². The molecule has 0 saturated heterocycles. The van der Waals surface area contributed by atoms with Crippen molar-refractivity contribution in [3.8, 4) is 0 Å². The van der Waals surface area contributed by atoms with E-state index in [0.717, 1.165) is 41.5 Å². The smallest absolute Gasteiger partial charge is 0.225 e. The number of anilines is 1. The Morgan fingerprint density at radius 1 is 1.35 bits per heavy atom. The van der Waals surface area contributed by atoms with Gasteiger partial charge in [0.2, 0.25) is 5.28 Å². The Labute approximate surface area is 129 Å². The maximum atomic E-state index is 6.12. The summed E-state index contributed by atoms with van der Waals surface area (Å²) >= 11 is 7.85. The van der Waals surface area contributed by atoms with Crippen LogP contribution in [0.4, 0.5) is 5.82 Å². The van der Waals surface area contributed by atoms with E-state index in [2.05, 4.69) is 34.8 Å². The molecule has 3 rings (SSSR count). The van der Waals surface area contributed by atoms with Crippen molar-refractivity contribution >= 4 is 39.0 Å². The fourth-order valence-corrected chi connectivity index (χ4v) is 3.88. The van der Waals surface area contributed by atoms with E-state index >= 15 is 0 Å².